The molecule has 7 nitrogen and oxygen atoms in total. The first-order valence-electron chi connectivity index (χ1n) is 12.4. The molecular formula is C28H30N6O. The molecule has 1 aliphatic rings. The summed E-state index contributed by atoms with van der Waals surface area (Å²) in [6.45, 7) is 5.76. The van der Waals surface area contributed by atoms with Crippen molar-refractivity contribution in [2.24, 2.45) is 4.99 Å². The first kappa shape index (κ1) is 22.9. The summed E-state index contributed by atoms with van der Waals surface area (Å²) in [6.07, 6.45) is 8.91. The number of carbonyl (C=O) groups excluding carboxylic acids is 1. The van der Waals surface area contributed by atoms with Crippen LogP contribution in [-0.4, -0.2) is 50.0 Å². The summed E-state index contributed by atoms with van der Waals surface area (Å²) < 4.78 is 0. The van der Waals surface area contributed by atoms with Crippen LogP contribution in [0.25, 0.3) is 33.8 Å². The number of rotatable bonds is 5. The van der Waals surface area contributed by atoms with E-state index in [9.17, 15) is 4.79 Å². The van der Waals surface area contributed by atoms with E-state index in [0.717, 1.165) is 54.5 Å². The summed E-state index contributed by atoms with van der Waals surface area (Å²) in [5, 5.41) is 0. The second kappa shape index (κ2) is 10.2. The number of aromatic amines is 1. The normalized spacial score (nSPS) is 14.5. The first-order chi connectivity index (χ1) is 17.1. The quantitative estimate of drug-likeness (QED) is 0.359. The third kappa shape index (κ3) is 4.99. The fraction of sp³-hybridized carbons (Fsp3) is 0.321. The molecule has 0 aliphatic carbocycles. The number of amides is 1. The van der Waals surface area contributed by atoms with Gasteiger partial charge in [0.2, 0.25) is 0 Å². The van der Waals surface area contributed by atoms with Crippen molar-refractivity contribution in [2.45, 2.75) is 46.0 Å². The highest BCUT2D eigenvalue weighted by Gasteiger charge is 2.18. The van der Waals surface area contributed by atoms with Crippen LogP contribution in [-0.2, 0) is 0 Å². The van der Waals surface area contributed by atoms with Gasteiger partial charge in [0.05, 0.1) is 22.9 Å². The second-order valence-electron chi connectivity index (χ2n) is 9.04. The summed E-state index contributed by atoms with van der Waals surface area (Å²) in [5.41, 5.74) is 5.90. The Morgan fingerprint density at radius 2 is 1.83 bits per heavy atom. The predicted octanol–water partition coefficient (Wildman–Crippen LogP) is 6.12. The van der Waals surface area contributed by atoms with Gasteiger partial charge < -0.3 is 9.88 Å². The third-order valence-electron chi connectivity index (χ3n) is 6.33. The van der Waals surface area contributed by atoms with Crippen LogP contribution in [0.2, 0.25) is 0 Å². The Labute approximate surface area is 205 Å². The molecule has 178 valence electrons. The molecule has 0 radical (unpaired) electrons. The number of hydrogen-bond donors (Lipinski definition) is 1. The van der Waals surface area contributed by atoms with Crippen LogP contribution < -0.4 is 0 Å². The van der Waals surface area contributed by atoms with Crippen molar-refractivity contribution in [1.82, 2.24) is 24.8 Å². The molecule has 2 aromatic carbocycles. The minimum absolute atomic E-state index is 0.104. The molecule has 5 rings (SSSR count). The number of nitrogens with zero attached hydrogens (tertiary/aromatic N) is 5. The lowest BCUT2D eigenvalue weighted by Gasteiger charge is -2.20. The van der Waals surface area contributed by atoms with Crippen molar-refractivity contribution in [2.75, 3.05) is 13.1 Å². The zero-order valence-corrected chi connectivity index (χ0v) is 20.3. The van der Waals surface area contributed by atoms with Gasteiger partial charge in [0.15, 0.2) is 17.3 Å². The lowest BCUT2D eigenvalue weighted by molar-refractivity contribution is 0.0761. The van der Waals surface area contributed by atoms with Crippen LogP contribution in [0.15, 0.2) is 53.7 Å². The van der Waals surface area contributed by atoms with E-state index in [1.165, 1.54) is 12.8 Å². The highest BCUT2D eigenvalue weighted by Crippen LogP contribution is 2.29. The van der Waals surface area contributed by atoms with Gasteiger partial charge in [0.1, 0.15) is 0 Å². The van der Waals surface area contributed by atoms with Crippen LogP contribution in [0.4, 0.5) is 5.82 Å². The van der Waals surface area contributed by atoms with Gasteiger partial charge in [0.25, 0.3) is 5.91 Å². The molecule has 1 N–H and O–H groups in total. The molecule has 0 spiro atoms. The van der Waals surface area contributed by atoms with Crippen LogP contribution in [0.1, 0.15) is 54.9 Å². The number of benzene rings is 2. The van der Waals surface area contributed by atoms with Gasteiger partial charge in [-0.05, 0) is 56.0 Å². The van der Waals surface area contributed by atoms with Crippen LogP contribution in [0.5, 0.6) is 0 Å². The molecule has 2 aromatic heterocycles. The predicted molar refractivity (Wildman–Crippen MR) is 140 cm³/mol. The zero-order chi connectivity index (χ0) is 24.2. The number of H-pyrrole nitrogens is 1. The zero-order valence-electron chi connectivity index (χ0n) is 20.3. The fourth-order valence-corrected chi connectivity index (χ4v) is 4.43. The first-order valence-corrected chi connectivity index (χ1v) is 12.4. The van der Waals surface area contributed by atoms with Crippen molar-refractivity contribution < 1.29 is 4.79 Å². The number of nitrogens with one attached hydrogen (secondary N) is 1. The van der Waals surface area contributed by atoms with Gasteiger partial charge in [-0.3, -0.25) is 4.79 Å². The van der Waals surface area contributed by atoms with Gasteiger partial charge in [-0.25, -0.2) is 19.9 Å². The summed E-state index contributed by atoms with van der Waals surface area (Å²) in [7, 11) is 0. The number of hydrogen-bond acceptors (Lipinski definition) is 5. The summed E-state index contributed by atoms with van der Waals surface area (Å²) in [4.78, 5) is 37.1. The van der Waals surface area contributed by atoms with Gasteiger partial charge in [-0.15, -0.1) is 0 Å². The molecule has 0 saturated carbocycles. The maximum Gasteiger partial charge on any atom is 0.253 e. The molecule has 0 bridgehead atoms. The maximum atomic E-state index is 13.0. The summed E-state index contributed by atoms with van der Waals surface area (Å²) >= 11 is 0. The van der Waals surface area contributed by atoms with Crippen LogP contribution in [0.3, 0.4) is 0 Å². The van der Waals surface area contributed by atoms with E-state index in [2.05, 4.69) is 28.0 Å². The highest BCUT2D eigenvalue weighted by atomic mass is 16.2. The number of aryl methyl sites for hydroxylation is 1. The van der Waals surface area contributed by atoms with Gasteiger partial charge in [-0.1, -0.05) is 38.0 Å². The van der Waals surface area contributed by atoms with E-state index in [1.54, 1.807) is 6.20 Å². The average Bonchev–Trinajstić information content (AvgIpc) is 3.11. The lowest BCUT2D eigenvalue weighted by Crippen LogP contribution is -2.31. The van der Waals surface area contributed by atoms with Crippen molar-refractivity contribution in [1.29, 1.82) is 0 Å². The molecule has 4 aromatic rings. The maximum absolute atomic E-state index is 13.0. The van der Waals surface area contributed by atoms with E-state index >= 15 is 0 Å². The highest BCUT2D eigenvalue weighted by molar-refractivity contribution is 5.94. The monoisotopic (exact) mass is 466 g/mol. The molecule has 0 unspecified atom stereocenters. The minimum atomic E-state index is 0.104. The number of carbonyl (C=O) groups is 1. The standard InChI is InChI=1S/C28H30N6O/c1-3-14-29-26-25(27-32-22-13-8-19(2)17-23(22)33-27)31-24(18-30-26)20-9-11-21(12-10-20)28(35)34-15-6-4-5-7-16-34/h8-14,17-18H,3-7,15-16H2,1-2H3,(H,32,33). The Kier molecular flexibility index (Phi) is 6.66. The smallest absolute Gasteiger partial charge is 0.253 e. The van der Waals surface area contributed by atoms with E-state index in [1.807, 2.05) is 54.4 Å². The lowest BCUT2D eigenvalue weighted by atomic mass is 10.1. The minimum Gasteiger partial charge on any atom is -0.339 e. The van der Waals surface area contributed by atoms with Crippen molar-refractivity contribution in [3.05, 3.63) is 59.8 Å². The topological polar surface area (TPSA) is 87.1 Å². The number of aromatic nitrogens is 4. The molecule has 0 atom stereocenters. The van der Waals surface area contributed by atoms with Gasteiger partial charge in [0, 0.05) is 30.4 Å². The molecule has 1 fully saturated rings. The molecule has 1 aliphatic heterocycles. The van der Waals surface area contributed by atoms with E-state index in [4.69, 9.17) is 9.97 Å². The molecular weight excluding hydrogens is 436 g/mol. The Bertz CT molecular complexity index is 1360. The Morgan fingerprint density at radius 3 is 2.57 bits per heavy atom. The SMILES string of the molecule is CCC=Nc1ncc(-c2ccc(C(=O)N3CCCCCC3)cc2)nc1-c1nc2ccc(C)cc2[nH]1. The average molecular weight is 467 g/mol. The van der Waals surface area contributed by atoms with Crippen molar-refractivity contribution in [3.63, 3.8) is 0 Å². The number of aliphatic imine (C=N–C) groups is 1. The number of fused-ring (bicyclic) bond motifs is 1. The Balaban J connectivity index is 1.48. The summed E-state index contributed by atoms with van der Waals surface area (Å²) in [5.74, 6) is 1.27. The van der Waals surface area contributed by atoms with Crippen LogP contribution in [0, 0.1) is 6.92 Å². The molecule has 1 saturated heterocycles. The Morgan fingerprint density at radius 1 is 1.06 bits per heavy atom. The largest absolute Gasteiger partial charge is 0.339 e. The van der Waals surface area contributed by atoms with Gasteiger partial charge >= 0.3 is 0 Å². The third-order valence-corrected chi connectivity index (χ3v) is 6.33. The van der Waals surface area contributed by atoms with E-state index in [0.29, 0.717) is 28.6 Å². The fourth-order valence-electron chi connectivity index (χ4n) is 4.43. The number of imidazole rings is 1. The van der Waals surface area contributed by atoms with E-state index < -0.39 is 0 Å². The number of likely N-dealkylation sites (tertiary alicyclic amines) is 1. The van der Waals surface area contributed by atoms with Crippen molar-refractivity contribution >= 4 is 29.0 Å². The van der Waals surface area contributed by atoms with E-state index in [-0.39, 0.29) is 5.91 Å². The summed E-state index contributed by atoms with van der Waals surface area (Å²) in [6, 6.07) is 13.8. The Hall–Kier alpha value is -3.87. The molecule has 7 heteroatoms. The molecule has 35 heavy (non-hydrogen) atoms. The molecule has 1 amide bonds. The van der Waals surface area contributed by atoms with Gasteiger partial charge in [-0.2, -0.15) is 0 Å². The second-order valence-corrected chi connectivity index (χ2v) is 9.04. The van der Waals surface area contributed by atoms with Crippen molar-refractivity contribution in [3.8, 4) is 22.8 Å². The van der Waals surface area contributed by atoms with Crippen LogP contribution >= 0.6 is 0 Å². The molecule has 3 heterocycles.